The van der Waals surface area contributed by atoms with Crippen LogP contribution >= 0.6 is 0 Å². The van der Waals surface area contributed by atoms with E-state index in [1.165, 1.54) is 34.6 Å². The summed E-state index contributed by atoms with van der Waals surface area (Å²) in [6.45, 7) is -0.0905. The fraction of sp³-hybridized carbons (Fsp3) is 0.273. The molecule has 0 unspecified atom stereocenters. The number of anilines is 2. The van der Waals surface area contributed by atoms with Gasteiger partial charge in [0.25, 0.3) is 0 Å². The first-order chi connectivity index (χ1) is 10.0. The number of carbonyl (C=O) groups excluding carboxylic acids is 2. The number of carbonyl (C=O) groups is 2. The van der Waals surface area contributed by atoms with Gasteiger partial charge in [-0.1, -0.05) is 0 Å². The third-order valence-corrected chi connectivity index (χ3v) is 2.31. The van der Waals surface area contributed by atoms with Crippen molar-refractivity contribution in [3.8, 4) is 0 Å². The molecule has 0 atom stereocenters. The summed E-state index contributed by atoms with van der Waals surface area (Å²) in [5.41, 5.74) is 0.482. The zero-order valence-corrected chi connectivity index (χ0v) is 11.5. The van der Waals surface area contributed by atoms with E-state index in [9.17, 15) is 9.59 Å². The lowest BCUT2D eigenvalue weighted by atomic mass is 10.5. The molecule has 2 aromatic rings. The van der Waals surface area contributed by atoms with Crippen molar-refractivity contribution in [1.29, 1.82) is 0 Å². The van der Waals surface area contributed by atoms with Crippen molar-refractivity contribution in [2.75, 3.05) is 24.7 Å². The van der Waals surface area contributed by atoms with Gasteiger partial charge in [-0.15, -0.1) is 5.10 Å². The van der Waals surface area contributed by atoms with E-state index in [2.05, 4.69) is 30.8 Å². The van der Waals surface area contributed by atoms with Crippen LogP contribution in [0.25, 0.3) is 0 Å². The number of urea groups is 1. The average molecular weight is 290 g/mol. The summed E-state index contributed by atoms with van der Waals surface area (Å²) in [4.78, 5) is 33.3. The van der Waals surface area contributed by atoms with E-state index < -0.39 is 0 Å². The van der Waals surface area contributed by atoms with Crippen molar-refractivity contribution in [1.82, 2.24) is 29.9 Å². The molecule has 0 spiro atoms. The summed E-state index contributed by atoms with van der Waals surface area (Å²) >= 11 is 0. The number of hydrogen-bond donors (Lipinski definition) is 2. The van der Waals surface area contributed by atoms with Crippen LogP contribution in [0.15, 0.2) is 24.9 Å². The minimum Gasteiger partial charge on any atom is -0.331 e. The summed E-state index contributed by atoms with van der Waals surface area (Å²) < 4.78 is 0. The van der Waals surface area contributed by atoms with Gasteiger partial charge in [0, 0.05) is 14.1 Å². The molecule has 0 radical (unpaired) electrons. The number of hydrogen-bond acceptors (Lipinski definition) is 6. The highest BCUT2D eigenvalue weighted by molar-refractivity contribution is 5.90. The summed E-state index contributed by atoms with van der Waals surface area (Å²) in [6.07, 6.45) is 5.68. The molecule has 2 aromatic heterocycles. The van der Waals surface area contributed by atoms with Crippen molar-refractivity contribution in [2.45, 2.75) is 6.54 Å². The van der Waals surface area contributed by atoms with Crippen molar-refractivity contribution in [3.63, 3.8) is 0 Å². The average Bonchev–Trinajstić information content (AvgIpc) is 2.86. The Morgan fingerprint density at radius 3 is 2.57 bits per heavy atom. The summed E-state index contributed by atoms with van der Waals surface area (Å²) in [6, 6.07) is -0.326. The first kappa shape index (κ1) is 14.4. The number of amides is 3. The van der Waals surface area contributed by atoms with E-state index >= 15 is 0 Å². The summed E-state index contributed by atoms with van der Waals surface area (Å²) in [7, 11) is 3.21. The van der Waals surface area contributed by atoms with Gasteiger partial charge in [0.1, 0.15) is 12.9 Å². The minimum absolute atomic E-state index is 0.0905. The highest BCUT2D eigenvalue weighted by atomic mass is 16.2. The standard InChI is InChI=1S/C11H14N8O2/c1-18(2)11(21)16-9-5-14-19(17-9)6-10(20)15-8-3-12-7-13-4-8/h3-5,7H,6H2,1-2H3,(H,15,20)(H,16,17,21). The smallest absolute Gasteiger partial charge is 0.322 e. The van der Waals surface area contributed by atoms with Crippen LogP contribution < -0.4 is 10.6 Å². The van der Waals surface area contributed by atoms with Gasteiger partial charge in [0.15, 0.2) is 5.82 Å². The monoisotopic (exact) mass is 290 g/mol. The van der Waals surface area contributed by atoms with Crippen LogP contribution in [0, 0.1) is 0 Å². The van der Waals surface area contributed by atoms with Crippen LogP contribution in [-0.4, -0.2) is 55.9 Å². The van der Waals surface area contributed by atoms with Gasteiger partial charge in [0.2, 0.25) is 5.91 Å². The molecule has 0 fully saturated rings. The maximum Gasteiger partial charge on any atom is 0.322 e. The fourth-order valence-electron chi connectivity index (χ4n) is 1.34. The largest absolute Gasteiger partial charge is 0.331 e. The molecule has 0 aromatic carbocycles. The highest BCUT2D eigenvalue weighted by Crippen LogP contribution is 2.02. The lowest BCUT2D eigenvalue weighted by molar-refractivity contribution is -0.117. The van der Waals surface area contributed by atoms with Crippen LogP contribution in [0.4, 0.5) is 16.3 Å². The Morgan fingerprint density at radius 2 is 1.90 bits per heavy atom. The quantitative estimate of drug-likeness (QED) is 0.805. The number of rotatable bonds is 4. The molecule has 10 nitrogen and oxygen atoms in total. The van der Waals surface area contributed by atoms with Gasteiger partial charge < -0.3 is 10.2 Å². The lowest BCUT2D eigenvalue weighted by Gasteiger charge is -2.09. The molecule has 0 aliphatic rings. The van der Waals surface area contributed by atoms with E-state index in [0.717, 1.165) is 0 Å². The lowest BCUT2D eigenvalue weighted by Crippen LogP contribution is -2.27. The third-order valence-electron chi connectivity index (χ3n) is 2.31. The molecule has 0 aliphatic carbocycles. The van der Waals surface area contributed by atoms with Gasteiger partial charge in [-0.25, -0.2) is 14.8 Å². The summed E-state index contributed by atoms with van der Waals surface area (Å²) in [5, 5.41) is 13.0. The molecule has 0 bridgehead atoms. The molecule has 2 rings (SSSR count). The molecular weight excluding hydrogens is 276 g/mol. The van der Waals surface area contributed by atoms with Crippen LogP contribution in [0.1, 0.15) is 0 Å². The zero-order valence-electron chi connectivity index (χ0n) is 11.5. The minimum atomic E-state index is -0.328. The summed E-state index contributed by atoms with van der Waals surface area (Å²) in [5.74, 6) is -0.0598. The molecule has 10 heteroatoms. The van der Waals surface area contributed by atoms with Crippen molar-refractivity contribution in [3.05, 3.63) is 24.9 Å². The maximum absolute atomic E-state index is 11.8. The van der Waals surface area contributed by atoms with Gasteiger partial charge >= 0.3 is 6.03 Å². The maximum atomic E-state index is 11.8. The molecule has 3 amide bonds. The fourth-order valence-corrected chi connectivity index (χ4v) is 1.34. The van der Waals surface area contributed by atoms with Crippen molar-refractivity contribution < 1.29 is 9.59 Å². The normalized spacial score (nSPS) is 10.0. The Balaban J connectivity index is 1.90. The molecule has 0 saturated carbocycles. The molecular formula is C11H14N8O2. The Hall–Kier alpha value is -3.04. The van der Waals surface area contributed by atoms with Crippen LogP contribution in [0.2, 0.25) is 0 Å². The Bertz CT molecular complexity index is 624. The highest BCUT2D eigenvalue weighted by Gasteiger charge is 2.10. The van der Waals surface area contributed by atoms with Gasteiger partial charge in [-0.2, -0.15) is 9.90 Å². The van der Waals surface area contributed by atoms with E-state index in [4.69, 9.17) is 0 Å². The Morgan fingerprint density at radius 1 is 1.19 bits per heavy atom. The topological polar surface area (TPSA) is 118 Å². The molecule has 21 heavy (non-hydrogen) atoms. The molecule has 110 valence electrons. The van der Waals surface area contributed by atoms with E-state index in [0.29, 0.717) is 5.69 Å². The van der Waals surface area contributed by atoms with Gasteiger partial charge in [0.05, 0.1) is 24.3 Å². The van der Waals surface area contributed by atoms with E-state index in [1.807, 2.05) is 0 Å². The Kier molecular flexibility index (Phi) is 4.39. The van der Waals surface area contributed by atoms with Crippen LogP contribution in [-0.2, 0) is 11.3 Å². The van der Waals surface area contributed by atoms with E-state index in [1.54, 1.807) is 14.1 Å². The van der Waals surface area contributed by atoms with Crippen molar-refractivity contribution in [2.24, 2.45) is 0 Å². The second-order valence-corrected chi connectivity index (χ2v) is 4.26. The third kappa shape index (κ3) is 4.23. The first-order valence-electron chi connectivity index (χ1n) is 5.98. The van der Waals surface area contributed by atoms with Gasteiger partial charge in [-0.05, 0) is 0 Å². The number of nitrogens with one attached hydrogen (secondary N) is 2. The SMILES string of the molecule is CN(C)C(=O)Nc1cnn(CC(=O)Nc2cncnc2)n1. The number of aromatic nitrogens is 5. The first-order valence-corrected chi connectivity index (χ1v) is 5.98. The molecule has 0 aliphatic heterocycles. The molecule has 0 saturated heterocycles. The second kappa shape index (κ2) is 6.41. The van der Waals surface area contributed by atoms with Crippen LogP contribution in [0.3, 0.4) is 0 Å². The van der Waals surface area contributed by atoms with Gasteiger partial charge in [-0.3, -0.25) is 10.1 Å². The second-order valence-electron chi connectivity index (χ2n) is 4.26. The van der Waals surface area contributed by atoms with E-state index in [-0.39, 0.29) is 24.3 Å². The van der Waals surface area contributed by atoms with Crippen molar-refractivity contribution >= 4 is 23.4 Å². The van der Waals surface area contributed by atoms with Crippen LogP contribution in [0.5, 0.6) is 0 Å². The number of nitrogens with zero attached hydrogens (tertiary/aromatic N) is 6. The zero-order chi connectivity index (χ0) is 15.2. The predicted octanol–water partition coefficient (Wildman–Crippen LogP) is -0.200. The predicted molar refractivity (Wildman–Crippen MR) is 73.4 cm³/mol. The molecule has 2 N–H and O–H groups in total. The Labute approximate surface area is 120 Å². The molecule has 2 heterocycles.